The largest absolute Gasteiger partial charge is 0.368 e. The Labute approximate surface area is 127 Å². The molecule has 118 valence electrons. The van der Waals surface area contributed by atoms with Gasteiger partial charge in [-0.1, -0.05) is 31.9 Å². The number of nitrogens with zero attached hydrogens (tertiary/aromatic N) is 1. The standard InChI is InChI=1S/C15H18FN3O3/c1-2-3-8-15(10-4-6-11(16)7-5-10)13(21)19(9-12(17)20)14(22)18-15/h4-7H,2-3,8-9H2,1H3,(H2,17,20)(H,18,22)/t15-/m0/s1. The van der Waals surface area contributed by atoms with Crippen molar-refractivity contribution in [2.75, 3.05) is 6.54 Å². The van der Waals surface area contributed by atoms with Crippen molar-refractivity contribution in [1.29, 1.82) is 0 Å². The summed E-state index contributed by atoms with van der Waals surface area (Å²) < 4.78 is 13.1. The van der Waals surface area contributed by atoms with Crippen molar-refractivity contribution >= 4 is 17.8 Å². The van der Waals surface area contributed by atoms with Gasteiger partial charge in [0.15, 0.2) is 0 Å². The van der Waals surface area contributed by atoms with E-state index in [-0.39, 0.29) is 0 Å². The summed E-state index contributed by atoms with van der Waals surface area (Å²) >= 11 is 0. The molecule has 0 unspecified atom stereocenters. The number of hydrogen-bond acceptors (Lipinski definition) is 3. The smallest absolute Gasteiger partial charge is 0.325 e. The van der Waals surface area contributed by atoms with E-state index in [0.717, 1.165) is 11.3 Å². The molecular weight excluding hydrogens is 289 g/mol. The third-order valence-corrected chi connectivity index (χ3v) is 3.73. The SMILES string of the molecule is CCCC[C@@]1(c2ccc(F)cc2)NC(=O)N(CC(N)=O)C1=O. The van der Waals surface area contributed by atoms with Crippen molar-refractivity contribution in [3.63, 3.8) is 0 Å². The minimum atomic E-state index is -1.27. The Morgan fingerprint density at radius 1 is 1.32 bits per heavy atom. The molecular formula is C15H18FN3O3. The van der Waals surface area contributed by atoms with Crippen LogP contribution in [0, 0.1) is 5.82 Å². The minimum absolute atomic E-state index is 0.370. The van der Waals surface area contributed by atoms with Crippen molar-refractivity contribution in [2.24, 2.45) is 5.73 Å². The lowest BCUT2D eigenvalue weighted by Crippen LogP contribution is -2.44. The summed E-state index contributed by atoms with van der Waals surface area (Å²) in [6.45, 7) is 1.49. The zero-order valence-electron chi connectivity index (χ0n) is 12.3. The Morgan fingerprint density at radius 3 is 2.50 bits per heavy atom. The van der Waals surface area contributed by atoms with Crippen LogP contribution in [0.15, 0.2) is 24.3 Å². The number of rotatable bonds is 6. The van der Waals surface area contributed by atoms with Gasteiger partial charge in [-0.15, -0.1) is 0 Å². The van der Waals surface area contributed by atoms with E-state index in [2.05, 4.69) is 5.32 Å². The summed E-state index contributed by atoms with van der Waals surface area (Å²) in [6, 6.07) is 4.75. The van der Waals surface area contributed by atoms with Crippen molar-refractivity contribution in [3.8, 4) is 0 Å². The lowest BCUT2D eigenvalue weighted by molar-refractivity contribution is -0.134. The maximum Gasteiger partial charge on any atom is 0.325 e. The van der Waals surface area contributed by atoms with Gasteiger partial charge in [0.2, 0.25) is 5.91 Å². The number of urea groups is 1. The highest BCUT2D eigenvalue weighted by Gasteiger charge is 2.52. The number of benzene rings is 1. The summed E-state index contributed by atoms with van der Waals surface area (Å²) in [5, 5.41) is 2.65. The van der Waals surface area contributed by atoms with Gasteiger partial charge in [0.1, 0.15) is 17.9 Å². The van der Waals surface area contributed by atoms with Crippen LogP contribution < -0.4 is 11.1 Å². The fourth-order valence-corrected chi connectivity index (χ4v) is 2.61. The number of unbranched alkanes of at least 4 members (excludes halogenated alkanes) is 1. The lowest BCUT2D eigenvalue weighted by Gasteiger charge is -2.27. The second-order valence-electron chi connectivity index (χ2n) is 5.30. The quantitative estimate of drug-likeness (QED) is 0.775. The van der Waals surface area contributed by atoms with E-state index < -0.39 is 35.7 Å². The molecule has 1 aliphatic heterocycles. The molecule has 0 spiro atoms. The van der Waals surface area contributed by atoms with Gasteiger partial charge in [-0.2, -0.15) is 0 Å². The fourth-order valence-electron chi connectivity index (χ4n) is 2.61. The predicted molar refractivity (Wildman–Crippen MR) is 77.0 cm³/mol. The first kappa shape index (κ1) is 15.9. The van der Waals surface area contributed by atoms with Crippen molar-refractivity contribution in [1.82, 2.24) is 10.2 Å². The number of hydrogen-bond donors (Lipinski definition) is 2. The molecule has 2 rings (SSSR count). The number of nitrogens with one attached hydrogen (secondary N) is 1. The molecule has 0 bridgehead atoms. The Hall–Kier alpha value is -2.44. The van der Waals surface area contributed by atoms with Crippen LogP contribution in [0.4, 0.5) is 9.18 Å². The van der Waals surface area contributed by atoms with Gasteiger partial charge < -0.3 is 11.1 Å². The average Bonchev–Trinajstić information content (AvgIpc) is 2.71. The highest BCUT2D eigenvalue weighted by Crippen LogP contribution is 2.34. The van der Waals surface area contributed by atoms with Crippen LogP contribution in [0.25, 0.3) is 0 Å². The molecule has 1 aromatic rings. The molecule has 22 heavy (non-hydrogen) atoms. The molecule has 0 saturated carbocycles. The van der Waals surface area contributed by atoms with E-state index in [4.69, 9.17) is 5.73 Å². The lowest BCUT2D eigenvalue weighted by atomic mass is 9.85. The first-order valence-electron chi connectivity index (χ1n) is 7.09. The second-order valence-corrected chi connectivity index (χ2v) is 5.30. The molecule has 1 aromatic carbocycles. The number of nitrogens with two attached hydrogens (primary N) is 1. The van der Waals surface area contributed by atoms with E-state index >= 15 is 0 Å². The summed E-state index contributed by atoms with van der Waals surface area (Å²) in [5.41, 5.74) is 4.31. The Balaban J connectivity index is 2.42. The molecule has 0 aromatic heterocycles. The Bertz CT molecular complexity index is 603. The van der Waals surface area contributed by atoms with Gasteiger partial charge in [-0.3, -0.25) is 14.5 Å². The topological polar surface area (TPSA) is 92.5 Å². The van der Waals surface area contributed by atoms with E-state index in [1.807, 2.05) is 6.92 Å². The molecule has 6 nitrogen and oxygen atoms in total. The fraction of sp³-hybridized carbons (Fsp3) is 0.400. The normalized spacial score (nSPS) is 21.1. The molecule has 0 aliphatic carbocycles. The number of carbonyl (C=O) groups excluding carboxylic acids is 3. The van der Waals surface area contributed by atoms with Gasteiger partial charge >= 0.3 is 6.03 Å². The van der Waals surface area contributed by atoms with Crippen LogP contribution in [-0.2, 0) is 15.1 Å². The molecule has 1 aliphatic rings. The van der Waals surface area contributed by atoms with Crippen LogP contribution >= 0.6 is 0 Å². The first-order chi connectivity index (χ1) is 10.4. The third kappa shape index (κ3) is 2.79. The minimum Gasteiger partial charge on any atom is -0.368 e. The van der Waals surface area contributed by atoms with Crippen LogP contribution in [0.3, 0.4) is 0 Å². The van der Waals surface area contributed by atoms with Gasteiger partial charge in [0, 0.05) is 0 Å². The van der Waals surface area contributed by atoms with Crippen LogP contribution in [0.2, 0.25) is 0 Å². The maximum atomic E-state index is 13.1. The highest BCUT2D eigenvalue weighted by molar-refractivity contribution is 6.09. The van der Waals surface area contributed by atoms with Crippen LogP contribution in [-0.4, -0.2) is 29.3 Å². The number of primary amides is 1. The Kier molecular flexibility index (Phi) is 4.44. The van der Waals surface area contributed by atoms with E-state index in [1.165, 1.54) is 24.3 Å². The van der Waals surface area contributed by atoms with Crippen LogP contribution in [0.5, 0.6) is 0 Å². The van der Waals surface area contributed by atoms with E-state index in [1.54, 1.807) is 0 Å². The molecule has 0 radical (unpaired) electrons. The number of halogens is 1. The monoisotopic (exact) mass is 307 g/mol. The number of amides is 4. The number of carbonyl (C=O) groups is 3. The van der Waals surface area contributed by atoms with Gasteiger partial charge in [0.05, 0.1) is 0 Å². The molecule has 1 atom stereocenters. The second kappa shape index (κ2) is 6.13. The van der Waals surface area contributed by atoms with E-state index in [0.29, 0.717) is 18.4 Å². The number of imide groups is 1. The molecule has 7 heteroatoms. The predicted octanol–water partition coefficient (Wildman–Crippen LogP) is 1.25. The molecule has 3 N–H and O–H groups in total. The van der Waals surface area contributed by atoms with Crippen molar-refractivity contribution < 1.29 is 18.8 Å². The zero-order chi connectivity index (χ0) is 16.3. The molecule has 4 amide bonds. The molecule has 1 saturated heterocycles. The summed E-state index contributed by atoms with van der Waals surface area (Å²) in [7, 11) is 0. The molecule has 1 fully saturated rings. The highest BCUT2D eigenvalue weighted by atomic mass is 19.1. The maximum absolute atomic E-state index is 13.1. The average molecular weight is 307 g/mol. The summed E-state index contributed by atoms with van der Waals surface area (Å²) in [5.74, 6) is -1.73. The third-order valence-electron chi connectivity index (χ3n) is 3.73. The van der Waals surface area contributed by atoms with Crippen molar-refractivity contribution in [3.05, 3.63) is 35.6 Å². The van der Waals surface area contributed by atoms with Gasteiger partial charge in [0.25, 0.3) is 5.91 Å². The van der Waals surface area contributed by atoms with Gasteiger partial charge in [-0.25, -0.2) is 9.18 Å². The summed E-state index contributed by atoms with van der Waals surface area (Å²) in [6.07, 6.45) is 1.88. The van der Waals surface area contributed by atoms with Gasteiger partial charge in [-0.05, 0) is 24.1 Å². The zero-order valence-corrected chi connectivity index (χ0v) is 12.3. The summed E-state index contributed by atoms with van der Waals surface area (Å²) in [4.78, 5) is 36.6. The Morgan fingerprint density at radius 2 is 1.95 bits per heavy atom. The van der Waals surface area contributed by atoms with E-state index in [9.17, 15) is 18.8 Å². The molecule has 1 heterocycles. The van der Waals surface area contributed by atoms with Crippen molar-refractivity contribution in [2.45, 2.75) is 31.7 Å². The van der Waals surface area contributed by atoms with Crippen LogP contribution in [0.1, 0.15) is 31.7 Å². The first-order valence-corrected chi connectivity index (χ1v) is 7.09.